The van der Waals surface area contributed by atoms with E-state index in [9.17, 15) is 0 Å². The summed E-state index contributed by atoms with van der Waals surface area (Å²) in [4.78, 5) is 0. The zero-order valence-electron chi connectivity index (χ0n) is 7.16. The minimum Gasteiger partial charge on any atom is -0.383 e. The van der Waals surface area contributed by atoms with Crippen LogP contribution < -0.4 is 5.32 Å². The lowest BCUT2D eigenvalue weighted by Gasteiger charge is -2.02. The summed E-state index contributed by atoms with van der Waals surface area (Å²) < 4.78 is 4.89. The molecule has 0 unspecified atom stereocenters. The minimum atomic E-state index is 0.735. The smallest absolute Gasteiger partial charge is 0.0587 e. The van der Waals surface area contributed by atoms with Crippen LogP contribution in [0.15, 0.2) is 18.5 Å². The second-order valence-corrected chi connectivity index (χ2v) is 2.42. The van der Waals surface area contributed by atoms with Gasteiger partial charge in [0.2, 0.25) is 0 Å². The highest BCUT2D eigenvalue weighted by molar-refractivity contribution is 5.04. The van der Waals surface area contributed by atoms with Gasteiger partial charge in [0, 0.05) is 26.4 Å². The number of nitrogens with zero attached hydrogens (tertiary/aromatic N) is 2. The normalized spacial score (nSPS) is 10.1. The number of hydrogen-bond donors (Lipinski definition) is 1. The van der Waals surface area contributed by atoms with Crippen molar-refractivity contribution in [3.8, 4) is 0 Å². The molecule has 0 aliphatic carbocycles. The van der Waals surface area contributed by atoms with Gasteiger partial charge in [-0.05, 0) is 11.6 Å². The summed E-state index contributed by atoms with van der Waals surface area (Å²) in [6, 6.07) is 1.94. The van der Waals surface area contributed by atoms with Crippen molar-refractivity contribution in [3.05, 3.63) is 24.0 Å². The maximum atomic E-state index is 4.89. The van der Waals surface area contributed by atoms with Crippen LogP contribution >= 0.6 is 0 Å². The van der Waals surface area contributed by atoms with Crippen molar-refractivity contribution in [2.75, 3.05) is 20.3 Å². The molecule has 12 heavy (non-hydrogen) atoms. The largest absolute Gasteiger partial charge is 0.383 e. The van der Waals surface area contributed by atoms with E-state index in [1.54, 1.807) is 19.5 Å². The molecule has 66 valence electrons. The van der Waals surface area contributed by atoms with Gasteiger partial charge in [-0.1, -0.05) is 0 Å². The Balaban J connectivity index is 2.16. The van der Waals surface area contributed by atoms with E-state index in [1.165, 1.54) is 0 Å². The van der Waals surface area contributed by atoms with Gasteiger partial charge in [-0.2, -0.15) is 10.2 Å². The predicted octanol–water partition coefficient (Wildman–Crippen LogP) is 0.213. The predicted molar refractivity (Wildman–Crippen MR) is 45.6 cm³/mol. The summed E-state index contributed by atoms with van der Waals surface area (Å²) in [7, 11) is 1.69. The SMILES string of the molecule is COCCNCc1ccnnc1. The van der Waals surface area contributed by atoms with E-state index >= 15 is 0 Å². The first-order chi connectivity index (χ1) is 5.93. The average molecular weight is 167 g/mol. The Labute approximate surface area is 72.0 Å². The van der Waals surface area contributed by atoms with Gasteiger partial charge < -0.3 is 10.1 Å². The van der Waals surface area contributed by atoms with Crippen LogP contribution in [0.5, 0.6) is 0 Å². The van der Waals surface area contributed by atoms with Gasteiger partial charge in [-0.15, -0.1) is 0 Å². The lowest BCUT2D eigenvalue weighted by atomic mass is 10.3. The number of rotatable bonds is 5. The number of nitrogens with one attached hydrogen (secondary N) is 1. The Morgan fingerprint density at radius 1 is 1.50 bits per heavy atom. The van der Waals surface area contributed by atoms with Gasteiger partial charge in [-0.3, -0.25) is 0 Å². The number of aromatic nitrogens is 2. The van der Waals surface area contributed by atoms with Crippen LogP contribution in [0.3, 0.4) is 0 Å². The topological polar surface area (TPSA) is 47.0 Å². The van der Waals surface area contributed by atoms with E-state index in [2.05, 4.69) is 15.5 Å². The van der Waals surface area contributed by atoms with Crippen molar-refractivity contribution in [2.24, 2.45) is 0 Å². The molecule has 0 saturated heterocycles. The maximum Gasteiger partial charge on any atom is 0.0587 e. The molecule has 1 heterocycles. The zero-order valence-corrected chi connectivity index (χ0v) is 7.16. The molecule has 1 N–H and O–H groups in total. The first-order valence-corrected chi connectivity index (χ1v) is 3.88. The molecule has 0 amide bonds. The number of ether oxygens (including phenoxy) is 1. The first-order valence-electron chi connectivity index (χ1n) is 3.88. The molecule has 0 fully saturated rings. The van der Waals surface area contributed by atoms with Crippen molar-refractivity contribution < 1.29 is 4.74 Å². The summed E-state index contributed by atoms with van der Waals surface area (Å²) in [6.45, 7) is 2.41. The van der Waals surface area contributed by atoms with Crippen LogP contribution in [0.4, 0.5) is 0 Å². The fourth-order valence-corrected chi connectivity index (χ4v) is 0.830. The molecule has 0 atom stereocenters. The second kappa shape index (κ2) is 5.62. The second-order valence-electron chi connectivity index (χ2n) is 2.42. The van der Waals surface area contributed by atoms with Crippen LogP contribution in [0.25, 0.3) is 0 Å². The molecule has 0 aliphatic rings. The molecule has 0 bridgehead atoms. The average Bonchev–Trinajstić information content (AvgIpc) is 2.14. The number of methoxy groups -OCH3 is 1. The Morgan fingerprint density at radius 3 is 3.08 bits per heavy atom. The molecule has 0 aromatic carbocycles. The Kier molecular flexibility index (Phi) is 4.26. The van der Waals surface area contributed by atoms with Crippen molar-refractivity contribution in [1.29, 1.82) is 0 Å². The molecule has 4 nitrogen and oxygen atoms in total. The Bertz CT molecular complexity index is 203. The van der Waals surface area contributed by atoms with E-state index in [0.29, 0.717) is 0 Å². The zero-order chi connectivity index (χ0) is 8.65. The molecule has 0 radical (unpaired) electrons. The van der Waals surface area contributed by atoms with Gasteiger partial charge in [0.15, 0.2) is 0 Å². The minimum absolute atomic E-state index is 0.735. The van der Waals surface area contributed by atoms with E-state index in [0.717, 1.165) is 25.3 Å². The summed E-state index contributed by atoms with van der Waals surface area (Å²) in [5.41, 5.74) is 1.14. The number of hydrogen-bond acceptors (Lipinski definition) is 4. The van der Waals surface area contributed by atoms with Crippen LogP contribution in [0.2, 0.25) is 0 Å². The summed E-state index contributed by atoms with van der Waals surface area (Å²) >= 11 is 0. The van der Waals surface area contributed by atoms with Crippen LogP contribution in [0, 0.1) is 0 Å². The van der Waals surface area contributed by atoms with Gasteiger partial charge in [0.25, 0.3) is 0 Å². The highest BCUT2D eigenvalue weighted by Gasteiger charge is 1.90. The molecule has 4 heteroatoms. The van der Waals surface area contributed by atoms with Gasteiger partial charge in [0.05, 0.1) is 12.8 Å². The van der Waals surface area contributed by atoms with E-state index in [4.69, 9.17) is 4.74 Å². The lowest BCUT2D eigenvalue weighted by molar-refractivity contribution is 0.199. The first kappa shape index (κ1) is 9.09. The molecular formula is C8H13N3O. The molecule has 0 saturated carbocycles. The standard InChI is InChI=1S/C8H13N3O/c1-12-5-4-9-6-8-2-3-10-11-7-8/h2-3,7,9H,4-6H2,1H3. The summed E-state index contributed by atoms with van der Waals surface area (Å²) in [5, 5.41) is 10.7. The highest BCUT2D eigenvalue weighted by Crippen LogP contribution is 1.91. The Morgan fingerprint density at radius 2 is 2.42 bits per heavy atom. The molecule has 1 aromatic heterocycles. The summed E-state index contributed by atoms with van der Waals surface area (Å²) in [5.74, 6) is 0. The van der Waals surface area contributed by atoms with Gasteiger partial charge in [0.1, 0.15) is 0 Å². The van der Waals surface area contributed by atoms with Crippen LogP contribution in [0.1, 0.15) is 5.56 Å². The third kappa shape index (κ3) is 3.41. The third-order valence-electron chi connectivity index (χ3n) is 1.46. The van der Waals surface area contributed by atoms with Crippen LogP contribution in [-0.4, -0.2) is 30.5 Å². The molecule has 0 aliphatic heterocycles. The summed E-state index contributed by atoms with van der Waals surface area (Å²) in [6.07, 6.45) is 3.44. The maximum absolute atomic E-state index is 4.89. The molecule has 1 aromatic rings. The quantitative estimate of drug-likeness (QED) is 0.637. The van der Waals surface area contributed by atoms with Crippen molar-refractivity contribution in [1.82, 2.24) is 15.5 Å². The van der Waals surface area contributed by atoms with Crippen molar-refractivity contribution in [3.63, 3.8) is 0 Å². The van der Waals surface area contributed by atoms with Crippen molar-refractivity contribution >= 4 is 0 Å². The fourth-order valence-electron chi connectivity index (χ4n) is 0.830. The van der Waals surface area contributed by atoms with Crippen molar-refractivity contribution in [2.45, 2.75) is 6.54 Å². The fraction of sp³-hybridized carbons (Fsp3) is 0.500. The lowest BCUT2D eigenvalue weighted by Crippen LogP contribution is -2.18. The van der Waals surface area contributed by atoms with E-state index in [-0.39, 0.29) is 0 Å². The van der Waals surface area contributed by atoms with Crippen LogP contribution in [-0.2, 0) is 11.3 Å². The highest BCUT2D eigenvalue weighted by atomic mass is 16.5. The van der Waals surface area contributed by atoms with E-state index in [1.807, 2.05) is 6.07 Å². The molecule has 0 spiro atoms. The monoisotopic (exact) mass is 167 g/mol. The molecular weight excluding hydrogens is 154 g/mol. The third-order valence-corrected chi connectivity index (χ3v) is 1.46. The Hall–Kier alpha value is -1.00. The molecule has 1 rings (SSSR count). The van der Waals surface area contributed by atoms with E-state index < -0.39 is 0 Å². The van der Waals surface area contributed by atoms with Gasteiger partial charge >= 0.3 is 0 Å². The van der Waals surface area contributed by atoms with Gasteiger partial charge in [-0.25, -0.2) is 0 Å².